The van der Waals surface area contributed by atoms with E-state index in [2.05, 4.69) is 0 Å². The van der Waals surface area contributed by atoms with Crippen molar-refractivity contribution in [3.05, 3.63) is 70.1 Å². The number of hydrogen-bond donors (Lipinski definition) is 9. The Balaban J connectivity index is 1.49. The van der Waals surface area contributed by atoms with Crippen LogP contribution in [0.3, 0.4) is 0 Å². The number of rotatable bonds is 15. The van der Waals surface area contributed by atoms with E-state index >= 15 is 0 Å². The summed E-state index contributed by atoms with van der Waals surface area (Å²) in [4.78, 5) is 14.4. The average molecular weight is 1160 g/mol. The van der Waals surface area contributed by atoms with Gasteiger partial charge < -0.3 is 103 Å². The molecule has 0 aromatic rings. The molecule has 5 aliphatic heterocycles. The Morgan fingerprint density at radius 2 is 1.37 bits per heavy atom. The molecule has 9 N–H and O–H groups in total. The molecule has 0 bridgehead atoms. The third-order valence-corrected chi connectivity index (χ3v) is 16.5. The van der Waals surface area contributed by atoms with E-state index in [-0.39, 0.29) is 43.6 Å². The lowest BCUT2D eigenvalue weighted by atomic mass is 9.75. The van der Waals surface area contributed by atoms with Gasteiger partial charge in [0.15, 0.2) is 18.9 Å². The number of allylic oxidation sites excluding steroid dienone is 7. The van der Waals surface area contributed by atoms with Crippen molar-refractivity contribution in [2.75, 3.05) is 35.0 Å². The van der Waals surface area contributed by atoms with Gasteiger partial charge in [-0.1, -0.05) is 54.9 Å². The summed E-state index contributed by atoms with van der Waals surface area (Å²) in [6.45, 7) is 20.5. The van der Waals surface area contributed by atoms with E-state index in [4.69, 9.17) is 56.8 Å². The van der Waals surface area contributed by atoms with E-state index in [1.165, 1.54) is 48.4 Å². The highest BCUT2D eigenvalue weighted by molar-refractivity contribution is 5.88. The zero-order valence-electron chi connectivity index (χ0n) is 50.2. The molecule has 4 saturated heterocycles. The van der Waals surface area contributed by atoms with Crippen molar-refractivity contribution in [1.29, 1.82) is 0 Å². The molecule has 4 fully saturated rings. The lowest BCUT2D eigenvalue weighted by Gasteiger charge is -2.57. The summed E-state index contributed by atoms with van der Waals surface area (Å²) in [6.07, 6.45) is -11.8. The van der Waals surface area contributed by atoms with Gasteiger partial charge in [-0.25, -0.2) is 4.79 Å². The number of aliphatic hydroxyl groups excluding tert-OH is 7. The molecule has 24 atom stereocenters. The van der Waals surface area contributed by atoms with Gasteiger partial charge in [0.2, 0.25) is 5.79 Å². The van der Waals surface area contributed by atoms with Gasteiger partial charge in [-0.3, -0.25) is 0 Å². The Bertz CT molecular complexity index is 2230. The highest BCUT2D eigenvalue weighted by atomic mass is 16.7. The van der Waals surface area contributed by atoms with Gasteiger partial charge in [-0.2, -0.15) is 0 Å². The van der Waals surface area contributed by atoms with Crippen molar-refractivity contribution in [3.8, 4) is 0 Å². The molecule has 81 heavy (non-hydrogen) atoms. The van der Waals surface area contributed by atoms with Crippen molar-refractivity contribution in [1.82, 2.24) is 0 Å². The second kappa shape index (κ2) is 29.4. The first kappa shape index (κ1) is 68.7. The summed E-state index contributed by atoms with van der Waals surface area (Å²) in [6, 6.07) is 0. The standard InChI is InChI=1S/C59H96O22/c1-29-20-30(2)24-40(60)43(72-15)27-42(77-55(67)34(6)25-39(71-14)23-31(3)22-33(5)50(32(4)21-29)79-56-49(64)48(63)47(62)36(8)76-56)35(7)59(69)54(73-16)53(66)58(12,44(80-59)18-17-19-70-13)81-45-26-41(61)51(37(9)74-45)78-46-28-57(11,68)52(65)38(10)75-46/h20-25,33,35-38,40-54,56,60-66,68-69H,17-19,26-28H2,1-16H3/b29-20-,30-24-,31-22-,32-21-,34-25-,39-23+/t33-,35-,36+,37-,38-,40-,41+,42+,43+,44-,45+,46+,47+,48-,49+,50-,51-,52-,53-,54-,56+,57-,58-,59+/m1/s1. The topological polar surface area (TPSA) is 310 Å². The lowest BCUT2D eigenvalue weighted by Crippen LogP contribution is -2.74. The molecule has 0 amide bonds. The number of aliphatic hydroxyl groups is 9. The highest BCUT2D eigenvalue weighted by Gasteiger charge is 2.64. The van der Waals surface area contributed by atoms with E-state index in [1.807, 2.05) is 45.9 Å². The number of methoxy groups -OCH3 is 4. The second-order valence-electron chi connectivity index (χ2n) is 23.4. The number of carbonyl (C=O) groups is 1. The van der Waals surface area contributed by atoms with Crippen LogP contribution in [-0.4, -0.2) is 220 Å². The van der Waals surface area contributed by atoms with Gasteiger partial charge >= 0.3 is 5.97 Å². The molecular weight excluding hydrogens is 1060 g/mol. The van der Waals surface area contributed by atoms with E-state index < -0.39 is 151 Å². The maximum Gasteiger partial charge on any atom is 0.334 e. The smallest absolute Gasteiger partial charge is 0.334 e. The molecule has 5 aliphatic rings. The number of hydrogen-bond acceptors (Lipinski definition) is 22. The first-order valence-electron chi connectivity index (χ1n) is 28.1. The summed E-state index contributed by atoms with van der Waals surface area (Å²) in [7, 11) is 5.64. The van der Waals surface area contributed by atoms with Crippen LogP contribution in [0, 0.1) is 11.8 Å². The maximum atomic E-state index is 14.4. The Morgan fingerprint density at radius 3 is 1.98 bits per heavy atom. The Labute approximate surface area is 477 Å². The van der Waals surface area contributed by atoms with Crippen LogP contribution in [0.5, 0.6) is 0 Å². The summed E-state index contributed by atoms with van der Waals surface area (Å²) < 4.78 is 73.2. The molecule has 0 saturated carbocycles. The lowest BCUT2D eigenvalue weighted by molar-refractivity contribution is -0.416. The van der Waals surface area contributed by atoms with E-state index in [0.29, 0.717) is 17.6 Å². The fourth-order valence-electron chi connectivity index (χ4n) is 11.7. The third kappa shape index (κ3) is 16.7. The normalized spacial score (nSPS) is 47.2. The molecule has 0 aliphatic carbocycles. The predicted molar refractivity (Wildman–Crippen MR) is 293 cm³/mol. The van der Waals surface area contributed by atoms with Crippen LogP contribution in [0.1, 0.15) is 115 Å². The summed E-state index contributed by atoms with van der Waals surface area (Å²) >= 11 is 0. The van der Waals surface area contributed by atoms with E-state index in [9.17, 15) is 50.8 Å². The van der Waals surface area contributed by atoms with Crippen LogP contribution in [0.15, 0.2) is 70.1 Å². The highest BCUT2D eigenvalue weighted by Crippen LogP contribution is 2.47. The molecule has 0 spiro atoms. The molecule has 0 aromatic carbocycles. The Kier molecular flexibility index (Phi) is 24.9. The Hall–Kier alpha value is -3.05. The zero-order chi connectivity index (χ0) is 60.6. The van der Waals surface area contributed by atoms with Crippen LogP contribution in [-0.2, 0) is 61.6 Å². The third-order valence-electron chi connectivity index (χ3n) is 16.5. The van der Waals surface area contributed by atoms with Gasteiger partial charge in [0, 0.05) is 58.7 Å². The molecular formula is C59H96O22. The van der Waals surface area contributed by atoms with Crippen molar-refractivity contribution >= 4 is 5.97 Å². The van der Waals surface area contributed by atoms with E-state index in [1.54, 1.807) is 53.7 Å². The largest absolute Gasteiger partial charge is 0.497 e. The maximum absolute atomic E-state index is 14.4. The van der Waals surface area contributed by atoms with Crippen molar-refractivity contribution < 1.29 is 108 Å². The number of ether oxygens (including phenoxy) is 12. The minimum Gasteiger partial charge on any atom is -0.497 e. The van der Waals surface area contributed by atoms with Gasteiger partial charge in [-0.15, -0.1) is 0 Å². The number of carbonyl (C=O) groups excluding carboxylic acids is 1. The SMILES string of the molecule is COCCC[C@H]1O[C@@](O)([C@H](C)[C@@H]2C[C@H](OC)[C@H](O)\C=C(C)/C=C(C)\C=C(\C)[C@@H](O[C@@H]3O[C@@H](C)[C@H](O)[C@@H](O)[C@@H]3O)[C@H](C)\C=C(C)/C=C(OC)\C=C(\C)C(=O)O2)[C@H](OC)[C@@H](O)[C@]1(C)O[C@H]1C[C@H](O)[C@H](O[C@H]2C[C@@](C)(O)[C@H](O)[C@@H](C)O2)[C@@H](C)O1. The summed E-state index contributed by atoms with van der Waals surface area (Å²) in [5.74, 6) is -4.64. The minimum absolute atomic E-state index is 0.0661. The quantitative estimate of drug-likeness (QED) is 0.0840. The van der Waals surface area contributed by atoms with Crippen molar-refractivity contribution in [2.45, 2.75) is 249 Å². The molecule has 464 valence electrons. The van der Waals surface area contributed by atoms with E-state index in [0.717, 1.165) is 11.1 Å². The van der Waals surface area contributed by atoms with Gasteiger partial charge in [0.25, 0.3) is 0 Å². The van der Waals surface area contributed by atoms with Crippen LogP contribution >= 0.6 is 0 Å². The molecule has 0 aromatic heterocycles. The first-order chi connectivity index (χ1) is 37.8. The fourth-order valence-corrected chi connectivity index (χ4v) is 11.7. The second-order valence-corrected chi connectivity index (χ2v) is 23.4. The molecule has 0 radical (unpaired) electrons. The van der Waals surface area contributed by atoms with Gasteiger partial charge in [0.05, 0.1) is 67.5 Å². The predicted octanol–water partition coefficient (Wildman–Crippen LogP) is 3.22. The summed E-state index contributed by atoms with van der Waals surface area (Å²) in [5.41, 5.74) is -0.327. The fraction of sp³-hybridized carbons (Fsp3) is 0.780. The molecule has 5 heterocycles. The average Bonchev–Trinajstić information content (AvgIpc) is 3.57. The monoisotopic (exact) mass is 1160 g/mol. The van der Waals surface area contributed by atoms with Gasteiger partial charge in [-0.05, 0) is 99.8 Å². The number of esters is 1. The molecule has 0 unspecified atom stereocenters. The molecule has 22 heteroatoms. The number of cyclic esters (lactones) is 1. The van der Waals surface area contributed by atoms with Crippen molar-refractivity contribution in [2.24, 2.45) is 11.8 Å². The minimum atomic E-state index is -2.44. The molecule has 5 rings (SSSR count). The van der Waals surface area contributed by atoms with Crippen LogP contribution in [0.2, 0.25) is 0 Å². The summed E-state index contributed by atoms with van der Waals surface area (Å²) in [5, 5.41) is 102. The van der Waals surface area contributed by atoms with Crippen molar-refractivity contribution in [3.63, 3.8) is 0 Å². The molecule has 22 nitrogen and oxygen atoms in total. The zero-order valence-corrected chi connectivity index (χ0v) is 50.2. The van der Waals surface area contributed by atoms with Crippen LogP contribution < -0.4 is 0 Å². The van der Waals surface area contributed by atoms with Crippen LogP contribution in [0.4, 0.5) is 0 Å². The van der Waals surface area contributed by atoms with Gasteiger partial charge in [0.1, 0.15) is 60.2 Å². The Morgan fingerprint density at radius 1 is 0.716 bits per heavy atom. The van der Waals surface area contributed by atoms with Crippen LogP contribution in [0.25, 0.3) is 0 Å². The first-order valence-corrected chi connectivity index (χ1v) is 28.1.